The van der Waals surface area contributed by atoms with Gasteiger partial charge in [-0.3, -0.25) is 19.8 Å². The summed E-state index contributed by atoms with van der Waals surface area (Å²) in [6.07, 6.45) is 0.419. The number of urea groups is 1. The lowest BCUT2D eigenvalue weighted by molar-refractivity contribution is -0.384. The Labute approximate surface area is 233 Å². The average molecular weight is 553 g/mol. The van der Waals surface area contributed by atoms with E-state index in [1.54, 1.807) is 19.2 Å². The fourth-order valence-electron chi connectivity index (χ4n) is 4.69. The van der Waals surface area contributed by atoms with Gasteiger partial charge in [0.2, 0.25) is 0 Å². The zero-order valence-electron chi connectivity index (χ0n) is 23.1. The number of nitro benzene ring substituents is 1. The lowest BCUT2D eigenvalue weighted by atomic mass is 9.98. The first-order valence-electron chi connectivity index (χ1n) is 13.4. The van der Waals surface area contributed by atoms with Crippen LogP contribution in [0.4, 0.5) is 10.5 Å². The number of rotatable bonds is 10. The Balaban J connectivity index is 1.57. The molecule has 12 nitrogen and oxygen atoms in total. The topological polar surface area (TPSA) is 130 Å². The van der Waals surface area contributed by atoms with E-state index in [2.05, 4.69) is 15.3 Å². The molecular formula is C28H36N6O6. The molecule has 1 fully saturated rings. The van der Waals surface area contributed by atoms with Crippen molar-refractivity contribution in [3.8, 4) is 5.75 Å². The molecule has 1 saturated heterocycles. The molecule has 1 N–H and O–H groups in total. The third-order valence-corrected chi connectivity index (χ3v) is 6.89. The van der Waals surface area contributed by atoms with Crippen molar-refractivity contribution in [2.24, 2.45) is 5.10 Å². The minimum Gasteiger partial charge on any atom is -0.497 e. The second-order valence-electron chi connectivity index (χ2n) is 10.1. The molecule has 2 heterocycles. The molecule has 0 aromatic heterocycles. The van der Waals surface area contributed by atoms with E-state index >= 15 is 0 Å². The molecule has 4 rings (SSSR count). The third kappa shape index (κ3) is 7.33. The summed E-state index contributed by atoms with van der Waals surface area (Å²) in [7, 11) is 1.59. The molecule has 0 spiro atoms. The van der Waals surface area contributed by atoms with Gasteiger partial charge in [0.25, 0.3) is 11.6 Å². The Kier molecular flexibility index (Phi) is 9.67. The molecule has 2 aromatic rings. The Morgan fingerprint density at radius 1 is 1.15 bits per heavy atom. The SMILES string of the molecule is COc1ccc(C2CC(c3ccc([N+](=O)[O-])cc3)=NN2C(=O)CN(CCN2CCOCC2)C(=O)NC(C)C)cc1. The van der Waals surface area contributed by atoms with Crippen LogP contribution in [0.25, 0.3) is 0 Å². The monoisotopic (exact) mass is 552 g/mol. The smallest absolute Gasteiger partial charge is 0.318 e. The van der Waals surface area contributed by atoms with Gasteiger partial charge in [-0.05, 0) is 49.2 Å². The zero-order chi connectivity index (χ0) is 28.6. The van der Waals surface area contributed by atoms with Crippen molar-refractivity contribution >= 4 is 23.3 Å². The van der Waals surface area contributed by atoms with Gasteiger partial charge in [0.05, 0.1) is 37.0 Å². The number of methoxy groups -OCH3 is 1. The van der Waals surface area contributed by atoms with Crippen molar-refractivity contribution in [1.29, 1.82) is 0 Å². The summed E-state index contributed by atoms with van der Waals surface area (Å²) in [6.45, 7) is 7.47. The molecule has 0 saturated carbocycles. The normalized spacial score (nSPS) is 17.4. The molecule has 214 valence electrons. The summed E-state index contributed by atoms with van der Waals surface area (Å²) in [5.41, 5.74) is 2.17. The molecule has 1 atom stereocenters. The van der Waals surface area contributed by atoms with E-state index in [1.165, 1.54) is 22.0 Å². The van der Waals surface area contributed by atoms with Crippen LogP contribution in [-0.4, -0.2) is 96.5 Å². The van der Waals surface area contributed by atoms with Gasteiger partial charge in [0, 0.05) is 50.8 Å². The number of carbonyl (C=O) groups is 2. The highest BCUT2D eigenvalue weighted by molar-refractivity contribution is 6.03. The first-order chi connectivity index (χ1) is 19.2. The number of benzene rings is 2. The van der Waals surface area contributed by atoms with E-state index in [9.17, 15) is 19.7 Å². The fourth-order valence-corrected chi connectivity index (χ4v) is 4.69. The van der Waals surface area contributed by atoms with E-state index in [0.29, 0.717) is 49.7 Å². The number of amides is 3. The van der Waals surface area contributed by atoms with E-state index < -0.39 is 11.0 Å². The van der Waals surface area contributed by atoms with Crippen LogP contribution in [-0.2, 0) is 9.53 Å². The van der Waals surface area contributed by atoms with E-state index in [4.69, 9.17) is 9.47 Å². The van der Waals surface area contributed by atoms with Crippen molar-refractivity contribution in [1.82, 2.24) is 20.1 Å². The lowest BCUT2D eigenvalue weighted by Gasteiger charge is -2.31. The average Bonchev–Trinajstić information content (AvgIpc) is 3.41. The Morgan fingerprint density at radius 3 is 2.42 bits per heavy atom. The maximum atomic E-state index is 13.8. The molecular weight excluding hydrogens is 516 g/mol. The van der Waals surface area contributed by atoms with Crippen molar-refractivity contribution in [2.45, 2.75) is 32.4 Å². The number of nitrogens with zero attached hydrogens (tertiary/aromatic N) is 5. The van der Waals surface area contributed by atoms with Crippen LogP contribution >= 0.6 is 0 Å². The molecule has 2 aromatic carbocycles. The molecule has 2 aliphatic rings. The third-order valence-electron chi connectivity index (χ3n) is 6.89. The number of hydrogen-bond acceptors (Lipinski definition) is 8. The number of non-ortho nitro benzene ring substituents is 1. The van der Waals surface area contributed by atoms with Crippen molar-refractivity contribution in [2.75, 3.05) is 53.0 Å². The van der Waals surface area contributed by atoms with Crippen molar-refractivity contribution < 1.29 is 24.0 Å². The minimum atomic E-state index is -0.454. The molecule has 1 unspecified atom stereocenters. The van der Waals surface area contributed by atoms with Crippen LogP contribution < -0.4 is 10.1 Å². The maximum Gasteiger partial charge on any atom is 0.318 e. The predicted octanol–water partition coefficient (Wildman–Crippen LogP) is 3.03. The Hall–Kier alpha value is -4.03. The summed E-state index contributed by atoms with van der Waals surface area (Å²) < 4.78 is 10.7. The van der Waals surface area contributed by atoms with Gasteiger partial charge in [-0.15, -0.1) is 0 Å². The molecule has 0 aliphatic carbocycles. The quantitative estimate of drug-likeness (QED) is 0.354. The first kappa shape index (κ1) is 29.0. The van der Waals surface area contributed by atoms with Gasteiger partial charge in [-0.1, -0.05) is 12.1 Å². The molecule has 40 heavy (non-hydrogen) atoms. The minimum absolute atomic E-state index is 0.0194. The van der Waals surface area contributed by atoms with E-state index in [-0.39, 0.29) is 30.2 Å². The summed E-state index contributed by atoms with van der Waals surface area (Å²) in [5, 5.41) is 20.1. The van der Waals surface area contributed by atoms with Gasteiger partial charge < -0.3 is 19.7 Å². The first-order valence-corrected chi connectivity index (χ1v) is 13.4. The molecule has 12 heteroatoms. The number of morpholine rings is 1. The van der Waals surface area contributed by atoms with Crippen LogP contribution in [0, 0.1) is 10.1 Å². The Bertz CT molecular complexity index is 1210. The van der Waals surface area contributed by atoms with Crippen molar-refractivity contribution in [3.05, 3.63) is 69.8 Å². The van der Waals surface area contributed by atoms with Crippen LogP contribution in [0.1, 0.15) is 37.4 Å². The van der Waals surface area contributed by atoms with Gasteiger partial charge in [0.1, 0.15) is 12.3 Å². The molecule has 3 amide bonds. The number of nitrogens with one attached hydrogen (secondary N) is 1. The van der Waals surface area contributed by atoms with Gasteiger partial charge in [-0.2, -0.15) is 5.10 Å². The Morgan fingerprint density at radius 2 is 1.82 bits per heavy atom. The molecule has 0 radical (unpaired) electrons. The molecule has 0 bridgehead atoms. The van der Waals surface area contributed by atoms with Crippen LogP contribution in [0.2, 0.25) is 0 Å². The highest BCUT2D eigenvalue weighted by Gasteiger charge is 2.34. The number of ether oxygens (including phenoxy) is 2. The number of nitro groups is 1. The van der Waals surface area contributed by atoms with Gasteiger partial charge in [0.15, 0.2) is 0 Å². The summed E-state index contributed by atoms with van der Waals surface area (Å²) in [6, 6.07) is 12.8. The van der Waals surface area contributed by atoms with E-state index in [1.807, 2.05) is 38.1 Å². The number of hydrogen-bond donors (Lipinski definition) is 1. The van der Waals surface area contributed by atoms with E-state index in [0.717, 1.165) is 18.7 Å². The second-order valence-corrected chi connectivity index (χ2v) is 10.1. The summed E-state index contributed by atoms with van der Waals surface area (Å²) in [5.74, 6) is 0.370. The largest absolute Gasteiger partial charge is 0.497 e. The fraction of sp³-hybridized carbons (Fsp3) is 0.464. The predicted molar refractivity (Wildman–Crippen MR) is 149 cm³/mol. The number of carbonyl (C=O) groups excluding carboxylic acids is 2. The van der Waals surface area contributed by atoms with Gasteiger partial charge in [-0.25, -0.2) is 9.80 Å². The summed E-state index contributed by atoms with van der Waals surface area (Å²) >= 11 is 0. The maximum absolute atomic E-state index is 13.8. The summed E-state index contributed by atoms with van der Waals surface area (Å²) in [4.78, 5) is 41.2. The highest BCUT2D eigenvalue weighted by Crippen LogP contribution is 2.34. The van der Waals surface area contributed by atoms with Crippen LogP contribution in [0.3, 0.4) is 0 Å². The highest BCUT2D eigenvalue weighted by atomic mass is 16.6. The number of hydrazone groups is 1. The van der Waals surface area contributed by atoms with Crippen LogP contribution in [0.15, 0.2) is 53.6 Å². The van der Waals surface area contributed by atoms with Gasteiger partial charge >= 0.3 is 6.03 Å². The standard InChI is InChI=1S/C28H36N6O6/c1-20(2)29-28(36)32(13-12-31-14-16-40-17-15-31)19-27(35)33-26(22-6-10-24(39-3)11-7-22)18-25(30-33)21-4-8-23(9-5-21)34(37)38/h4-11,20,26H,12-19H2,1-3H3,(H,29,36). The second kappa shape index (κ2) is 13.4. The lowest BCUT2D eigenvalue weighted by Crippen LogP contribution is -2.50. The van der Waals surface area contributed by atoms with Crippen molar-refractivity contribution in [3.63, 3.8) is 0 Å². The zero-order valence-corrected chi connectivity index (χ0v) is 23.1. The molecule has 2 aliphatic heterocycles. The van der Waals surface area contributed by atoms with Crippen LogP contribution in [0.5, 0.6) is 5.75 Å².